The molecule has 2 aliphatic rings. The quantitative estimate of drug-likeness (QED) is 0.632. The van der Waals surface area contributed by atoms with Crippen LogP contribution in [-0.4, -0.2) is 36.3 Å². The first kappa shape index (κ1) is 15.0. The van der Waals surface area contributed by atoms with Crippen LogP contribution in [0.5, 0.6) is 0 Å². The zero-order valence-corrected chi connectivity index (χ0v) is 12.1. The van der Waals surface area contributed by atoms with E-state index in [1.807, 2.05) is 0 Å². The van der Waals surface area contributed by atoms with Gasteiger partial charge in [0.15, 0.2) is 0 Å². The summed E-state index contributed by atoms with van der Waals surface area (Å²) in [4.78, 5) is 34.8. The van der Waals surface area contributed by atoms with E-state index in [9.17, 15) is 14.4 Å². The Morgan fingerprint density at radius 2 is 2.00 bits per heavy atom. The summed E-state index contributed by atoms with van der Waals surface area (Å²) < 4.78 is 0. The zero-order valence-electron chi connectivity index (χ0n) is 12.1. The van der Waals surface area contributed by atoms with E-state index in [0.717, 1.165) is 12.8 Å². The predicted molar refractivity (Wildman–Crippen MR) is 73.7 cm³/mol. The van der Waals surface area contributed by atoms with Gasteiger partial charge in [-0.1, -0.05) is 13.8 Å². The molecule has 0 saturated carbocycles. The van der Waals surface area contributed by atoms with Crippen LogP contribution in [0.15, 0.2) is 0 Å². The van der Waals surface area contributed by atoms with E-state index in [-0.39, 0.29) is 24.2 Å². The number of hydrogen-bond donors (Lipinski definition) is 3. The van der Waals surface area contributed by atoms with E-state index in [0.29, 0.717) is 24.9 Å². The Kier molecular flexibility index (Phi) is 4.75. The molecule has 2 heterocycles. The molecule has 0 aliphatic carbocycles. The maximum absolute atomic E-state index is 12.2. The molecule has 3 amide bonds. The molecule has 112 valence electrons. The normalized spacial score (nSPS) is 31.1. The Hall–Kier alpha value is -1.43. The van der Waals surface area contributed by atoms with E-state index in [1.54, 1.807) is 0 Å². The van der Waals surface area contributed by atoms with E-state index >= 15 is 0 Å². The van der Waals surface area contributed by atoms with E-state index < -0.39 is 11.9 Å². The highest BCUT2D eigenvalue weighted by molar-refractivity contribution is 6.01. The fourth-order valence-electron chi connectivity index (χ4n) is 2.79. The number of hydrogen-bond acceptors (Lipinski definition) is 4. The van der Waals surface area contributed by atoms with Gasteiger partial charge in [0, 0.05) is 19.0 Å². The lowest BCUT2D eigenvalue weighted by Crippen LogP contribution is -2.55. The Morgan fingerprint density at radius 3 is 2.55 bits per heavy atom. The van der Waals surface area contributed by atoms with Crippen LogP contribution >= 0.6 is 0 Å². The van der Waals surface area contributed by atoms with E-state index in [4.69, 9.17) is 0 Å². The fraction of sp³-hybridized carbons (Fsp3) is 0.786. The number of nitrogens with one attached hydrogen (secondary N) is 3. The van der Waals surface area contributed by atoms with Crippen molar-refractivity contribution in [1.29, 1.82) is 0 Å². The number of piperidine rings is 2. The van der Waals surface area contributed by atoms with E-state index in [2.05, 4.69) is 29.8 Å². The van der Waals surface area contributed by atoms with Crippen molar-refractivity contribution in [2.75, 3.05) is 6.54 Å². The first-order valence-electron chi connectivity index (χ1n) is 7.35. The first-order chi connectivity index (χ1) is 9.47. The number of carbonyl (C=O) groups excluding carboxylic acids is 3. The van der Waals surface area contributed by atoms with Crippen molar-refractivity contribution in [2.45, 2.75) is 51.6 Å². The average Bonchev–Trinajstić information content (AvgIpc) is 2.42. The van der Waals surface area contributed by atoms with Crippen molar-refractivity contribution in [1.82, 2.24) is 16.0 Å². The molecule has 2 fully saturated rings. The van der Waals surface area contributed by atoms with Gasteiger partial charge in [0.1, 0.15) is 6.04 Å². The van der Waals surface area contributed by atoms with Crippen LogP contribution in [0.25, 0.3) is 0 Å². The monoisotopic (exact) mass is 281 g/mol. The van der Waals surface area contributed by atoms with Gasteiger partial charge in [-0.2, -0.15) is 0 Å². The van der Waals surface area contributed by atoms with Crippen LogP contribution in [0, 0.1) is 11.8 Å². The summed E-state index contributed by atoms with van der Waals surface area (Å²) in [5.41, 5.74) is 0. The first-order valence-corrected chi connectivity index (χ1v) is 7.35. The molecule has 3 atom stereocenters. The smallest absolute Gasteiger partial charge is 0.249 e. The lowest BCUT2D eigenvalue weighted by atomic mass is 9.88. The molecule has 0 radical (unpaired) electrons. The lowest BCUT2D eigenvalue weighted by Gasteiger charge is -2.32. The average molecular weight is 281 g/mol. The number of carbonyl (C=O) groups is 3. The van der Waals surface area contributed by atoms with Gasteiger partial charge in [-0.25, -0.2) is 0 Å². The maximum atomic E-state index is 12.2. The second kappa shape index (κ2) is 6.35. The molecule has 3 unspecified atom stereocenters. The molecule has 6 nitrogen and oxygen atoms in total. The Bertz CT molecular complexity index is 400. The standard InChI is InChI=1S/C14H23N3O3/c1-8(2)10-4-3-9(7-15-10)13(19)16-11-5-6-12(18)17-14(11)20/h8-11,15H,3-7H2,1-2H3,(H,16,19)(H,17,18,20). The molecular formula is C14H23N3O3. The summed E-state index contributed by atoms with van der Waals surface area (Å²) in [6.07, 6.45) is 2.50. The largest absolute Gasteiger partial charge is 0.344 e. The minimum Gasteiger partial charge on any atom is -0.344 e. The highest BCUT2D eigenvalue weighted by atomic mass is 16.2. The third kappa shape index (κ3) is 3.56. The van der Waals surface area contributed by atoms with Crippen molar-refractivity contribution < 1.29 is 14.4 Å². The number of imide groups is 1. The highest BCUT2D eigenvalue weighted by Crippen LogP contribution is 2.19. The Labute approximate surface area is 119 Å². The highest BCUT2D eigenvalue weighted by Gasteiger charge is 2.32. The van der Waals surface area contributed by atoms with Crippen LogP contribution in [0.3, 0.4) is 0 Å². The second-order valence-corrected chi connectivity index (χ2v) is 6.05. The van der Waals surface area contributed by atoms with Gasteiger partial charge in [-0.3, -0.25) is 19.7 Å². The molecule has 2 saturated heterocycles. The van der Waals surface area contributed by atoms with Gasteiger partial charge >= 0.3 is 0 Å². The van der Waals surface area contributed by atoms with Crippen molar-refractivity contribution in [3.05, 3.63) is 0 Å². The molecular weight excluding hydrogens is 258 g/mol. The SMILES string of the molecule is CC(C)C1CCC(C(=O)NC2CCC(=O)NC2=O)CN1. The molecule has 3 N–H and O–H groups in total. The molecule has 0 aromatic carbocycles. The zero-order chi connectivity index (χ0) is 14.7. The van der Waals surface area contributed by atoms with Gasteiger partial charge in [0.25, 0.3) is 0 Å². The van der Waals surface area contributed by atoms with Gasteiger partial charge in [-0.05, 0) is 25.2 Å². The summed E-state index contributed by atoms with van der Waals surface area (Å²) in [5, 5.41) is 8.40. The molecule has 0 aromatic rings. The summed E-state index contributed by atoms with van der Waals surface area (Å²) >= 11 is 0. The Balaban J connectivity index is 1.81. The molecule has 20 heavy (non-hydrogen) atoms. The summed E-state index contributed by atoms with van der Waals surface area (Å²) in [6.45, 7) is 4.99. The maximum Gasteiger partial charge on any atom is 0.249 e. The summed E-state index contributed by atoms with van der Waals surface area (Å²) in [7, 11) is 0. The molecule has 6 heteroatoms. The minimum atomic E-state index is -0.567. The van der Waals surface area contributed by atoms with Crippen LogP contribution in [0.2, 0.25) is 0 Å². The molecule has 0 aromatic heterocycles. The summed E-state index contributed by atoms with van der Waals surface area (Å²) in [6, 6.07) is -0.0994. The topological polar surface area (TPSA) is 87.3 Å². The van der Waals surface area contributed by atoms with Crippen LogP contribution in [0.4, 0.5) is 0 Å². The number of rotatable bonds is 3. The summed E-state index contributed by atoms with van der Waals surface area (Å²) in [5.74, 6) is -0.267. The van der Waals surface area contributed by atoms with Crippen molar-refractivity contribution in [3.63, 3.8) is 0 Å². The minimum absolute atomic E-state index is 0.0876. The van der Waals surface area contributed by atoms with Crippen LogP contribution < -0.4 is 16.0 Å². The third-order valence-electron chi connectivity index (χ3n) is 4.18. The molecule has 0 spiro atoms. The van der Waals surface area contributed by atoms with Crippen molar-refractivity contribution >= 4 is 17.7 Å². The van der Waals surface area contributed by atoms with E-state index in [1.165, 1.54) is 0 Å². The van der Waals surface area contributed by atoms with Gasteiger partial charge in [-0.15, -0.1) is 0 Å². The van der Waals surface area contributed by atoms with Gasteiger partial charge in [0.2, 0.25) is 17.7 Å². The molecule has 2 aliphatic heterocycles. The Morgan fingerprint density at radius 1 is 1.25 bits per heavy atom. The lowest BCUT2D eigenvalue weighted by molar-refractivity contribution is -0.138. The van der Waals surface area contributed by atoms with Gasteiger partial charge in [0.05, 0.1) is 5.92 Å². The second-order valence-electron chi connectivity index (χ2n) is 6.05. The van der Waals surface area contributed by atoms with Crippen LogP contribution in [-0.2, 0) is 14.4 Å². The van der Waals surface area contributed by atoms with Crippen LogP contribution in [0.1, 0.15) is 39.5 Å². The van der Waals surface area contributed by atoms with Crippen molar-refractivity contribution in [3.8, 4) is 0 Å². The third-order valence-corrected chi connectivity index (χ3v) is 4.18. The number of amides is 3. The van der Waals surface area contributed by atoms with Crippen molar-refractivity contribution in [2.24, 2.45) is 11.8 Å². The van der Waals surface area contributed by atoms with Gasteiger partial charge < -0.3 is 10.6 Å². The predicted octanol–water partition coefficient (Wildman–Crippen LogP) is -0.0680. The fourth-order valence-corrected chi connectivity index (χ4v) is 2.79. The molecule has 2 rings (SSSR count). The molecule has 0 bridgehead atoms.